The molecule has 106 valence electrons. The van der Waals surface area contributed by atoms with E-state index in [9.17, 15) is 9.59 Å². The third-order valence-electron chi connectivity index (χ3n) is 3.87. The lowest BCUT2D eigenvalue weighted by Gasteiger charge is -2.36. The second-order valence-corrected chi connectivity index (χ2v) is 5.41. The largest absolute Gasteiger partial charge is 0.462 e. The van der Waals surface area contributed by atoms with Gasteiger partial charge in [-0.2, -0.15) is 0 Å². The van der Waals surface area contributed by atoms with Crippen molar-refractivity contribution in [3.8, 4) is 0 Å². The number of Topliss-reactive ketones (excluding diaryl/α,β-unsaturated/α-hetero) is 1. The van der Waals surface area contributed by atoms with Crippen molar-refractivity contribution in [1.82, 2.24) is 4.90 Å². The first-order valence-corrected chi connectivity index (χ1v) is 7.38. The lowest BCUT2D eigenvalue weighted by Crippen LogP contribution is -2.45. The Morgan fingerprint density at radius 2 is 2.16 bits per heavy atom. The van der Waals surface area contributed by atoms with Crippen LogP contribution in [0.25, 0.3) is 0 Å². The smallest absolute Gasteiger partial charge is 0.336 e. The van der Waals surface area contributed by atoms with Crippen LogP contribution < -0.4 is 0 Å². The third kappa shape index (κ3) is 3.58. The number of hydrogen-bond donors (Lipinski definition) is 0. The van der Waals surface area contributed by atoms with Gasteiger partial charge in [-0.1, -0.05) is 32.6 Å². The van der Waals surface area contributed by atoms with Gasteiger partial charge in [-0.25, -0.2) is 4.79 Å². The molecule has 1 fully saturated rings. The SMILES string of the molecule is CCCCCCCOC(=O)C1=CN2CC[C@@H]1C(=O)C2. The average Bonchev–Trinajstić information content (AvgIpc) is 2.42. The Kier molecular flexibility index (Phi) is 5.00. The number of fused-ring (bicyclic) bond motifs is 2. The van der Waals surface area contributed by atoms with Crippen LogP contribution in [0, 0.1) is 5.92 Å². The number of carbonyl (C=O) groups excluding carboxylic acids is 2. The molecule has 0 radical (unpaired) electrons. The maximum Gasteiger partial charge on any atom is 0.336 e. The minimum absolute atomic E-state index is 0.156. The number of nitrogens with zero attached hydrogens (tertiary/aromatic N) is 1. The van der Waals surface area contributed by atoms with E-state index in [1.807, 2.05) is 11.1 Å². The number of hydrogen-bond acceptors (Lipinski definition) is 4. The minimum Gasteiger partial charge on any atom is -0.462 e. The summed E-state index contributed by atoms with van der Waals surface area (Å²) in [5, 5.41) is 0. The van der Waals surface area contributed by atoms with E-state index >= 15 is 0 Å². The molecule has 0 unspecified atom stereocenters. The van der Waals surface area contributed by atoms with Crippen molar-refractivity contribution >= 4 is 11.8 Å². The van der Waals surface area contributed by atoms with Crippen LogP contribution in [-0.4, -0.2) is 36.3 Å². The fourth-order valence-electron chi connectivity index (χ4n) is 2.72. The molecule has 3 heterocycles. The summed E-state index contributed by atoms with van der Waals surface area (Å²) in [5.74, 6) is -0.348. The maximum absolute atomic E-state index is 12.0. The molecule has 2 bridgehead atoms. The Labute approximate surface area is 114 Å². The molecule has 1 atom stereocenters. The quantitative estimate of drug-likeness (QED) is 0.523. The summed E-state index contributed by atoms with van der Waals surface area (Å²) in [5.41, 5.74) is 0.566. The highest BCUT2D eigenvalue weighted by Gasteiger charge is 2.37. The molecule has 0 aromatic heterocycles. The summed E-state index contributed by atoms with van der Waals surface area (Å²) in [6, 6.07) is 0. The first-order chi connectivity index (χ1) is 9.22. The second kappa shape index (κ2) is 6.73. The van der Waals surface area contributed by atoms with Crippen LogP contribution >= 0.6 is 0 Å². The Bertz CT molecular complexity index is 376. The molecule has 4 nitrogen and oxygen atoms in total. The predicted molar refractivity (Wildman–Crippen MR) is 72.5 cm³/mol. The molecular formula is C15H23NO3. The number of ether oxygens (including phenoxy) is 1. The van der Waals surface area contributed by atoms with Gasteiger partial charge >= 0.3 is 5.97 Å². The molecule has 4 heteroatoms. The van der Waals surface area contributed by atoms with Gasteiger partial charge in [0.05, 0.1) is 24.6 Å². The van der Waals surface area contributed by atoms with E-state index in [2.05, 4.69) is 6.92 Å². The van der Waals surface area contributed by atoms with Crippen molar-refractivity contribution in [1.29, 1.82) is 0 Å². The number of rotatable bonds is 7. The Balaban J connectivity index is 1.73. The standard InChI is InChI=1S/C15H23NO3/c1-2-3-4-5-6-9-19-15(18)13-10-16-8-7-12(13)14(17)11-16/h10,12H,2-9,11H2,1H3/t12-/m0/s1. The van der Waals surface area contributed by atoms with E-state index in [4.69, 9.17) is 4.74 Å². The van der Waals surface area contributed by atoms with Crippen LogP contribution in [0.1, 0.15) is 45.4 Å². The summed E-state index contributed by atoms with van der Waals surface area (Å²) < 4.78 is 5.28. The summed E-state index contributed by atoms with van der Waals surface area (Å²) in [6.07, 6.45) is 8.25. The zero-order valence-electron chi connectivity index (χ0n) is 11.7. The fourth-order valence-corrected chi connectivity index (χ4v) is 2.72. The molecule has 0 spiro atoms. The van der Waals surface area contributed by atoms with Gasteiger partial charge in [-0.05, 0) is 12.8 Å². The molecule has 0 aromatic rings. The van der Waals surface area contributed by atoms with Crippen molar-refractivity contribution in [2.24, 2.45) is 5.92 Å². The van der Waals surface area contributed by atoms with Crippen LogP contribution in [0.4, 0.5) is 0 Å². The number of carbonyl (C=O) groups is 2. The van der Waals surface area contributed by atoms with Crippen LogP contribution in [-0.2, 0) is 14.3 Å². The van der Waals surface area contributed by atoms with E-state index in [1.54, 1.807) is 0 Å². The summed E-state index contributed by atoms with van der Waals surface area (Å²) in [6.45, 7) is 3.99. The predicted octanol–water partition coefficient (Wildman–Crippen LogP) is 2.29. The monoisotopic (exact) mass is 265 g/mol. The van der Waals surface area contributed by atoms with Gasteiger partial charge < -0.3 is 9.64 Å². The van der Waals surface area contributed by atoms with Crippen molar-refractivity contribution in [3.63, 3.8) is 0 Å². The van der Waals surface area contributed by atoms with Gasteiger partial charge in [0, 0.05) is 12.7 Å². The molecule has 0 saturated carbocycles. The summed E-state index contributed by atoms with van der Waals surface area (Å²) in [4.78, 5) is 25.6. The molecule has 1 saturated heterocycles. The van der Waals surface area contributed by atoms with E-state index < -0.39 is 0 Å². The van der Waals surface area contributed by atoms with E-state index in [0.29, 0.717) is 18.7 Å². The van der Waals surface area contributed by atoms with E-state index in [-0.39, 0.29) is 17.7 Å². The second-order valence-electron chi connectivity index (χ2n) is 5.41. The Morgan fingerprint density at radius 3 is 2.84 bits per heavy atom. The number of ketones is 1. The number of unbranched alkanes of at least 4 members (excludes halogenated alkanes) is 4. The highest BCUT2D eigenvalue weighted by atomic mass is 16.5. The van der Waals surface area contributed by atoms with Crippen LogP contribution in [0.15, 0.2) is 11.8 Å². The van der Waals surface area contributed by atoms with Crippen LogP contribution in [0.3, 0.4) is 0 Å². The lowest BCUT2D eigenvalue weighted by atomic mass is 9.85. The molecule has 0 N–H and O–H groups in total. The average molecular weight is 265 g/mol. The van der Waals surface area contributed by atoms with Crippen LogP contribution in [0.2, 0.25) is 0 Å². The number of piperidine rings is 1. The van der Waals surface area contributed by atoms with Gasteiger partial charge in [-0.15, -0.1) is 0 Å². The molecule has 3 rings (SSSR count). The summed E-state index contributed by atoms with van der Waals surface area (Å²) in [7, 11) is 0. The van der Waals surface area contributed by atoms with Gasteiger partial charge in [0.15, 0.2) is 5.78 Å². The third-order valence-corrected chi connectivity index (χ3v) is 3.87. The first-order valence-electron chi connectivity index (χ1n) is 7.38. The topological polar surface area (TPSA) is 46.6 Å². The van der Waals surface area contributed by atoms with E-state index in [0.717, 1.165) is 25.8 Å². The van der Waals surface area contributed by atoms with Gasteiger partial charge in [0.25, 0.3) is 0 Å². The van der Waals surface area contributed by atoms with Gasteiger partial charge in [0.2, 0.25) is 0 Å². The first kappa shape index (κ1) is 14.1. The molecule has 19 heavy (non-hydrogen) atoms. The number of esters is 1. The molecule has 3 aliphatic heterocycles. The normalized spacial score (nSPS) is 21.5. The summed E-state index contributed by atoms with van der Waals surface area (Å²) >= 11 is 0. The van der Waals surface area contributed by atoms with Crippen molar-refractivity contribution in [2.75, 3.05) is 19.7 Å². The van der Waals surface area contributed by atoms with Crippen LogP contribution in [0.5, 0.6) is 0 Å². The Morgan fingerprint density at radius 1 is 1.37 bits per heavy atom. The van der Waals surface area contributed by atoms with Gasteiger partial charge in [-0.3, -0.25) is 4.79 Å². The highest BCUT2D eigenvalue weighted by Crippen LogP contribution is 2.29. The molecule has 0 aromatic carbocycles. The molecule has 3 aliphatic rings. The minimum atomic E-state index is -0.293. The van der Waals surface area contributed by atoms with Crippen molar-refractivity contribution in [3.05, 3.63) is 11.8 Å². The van der Waals surface area contributed by atoms with Crippen molar-refractivity contribution in [2.45, 2.75) is 45.4 Å². The van der Waals surface area contributed by atoms with Gasteiger partial charge in [0.1, 0.15) is 0 Å². The zero-order valence-corrected chi connectivity index (χ0v) is 11.7. The molecular weight excluding hydrogens is 242 g/mol. The highest BCUT2D eigenvalue weighted by molar-refractivity contribution is 6.00. The maximum atomic E-state index is 12.0. The lowest BCUT2D eigenvalue weighted by molar-refractivity contribution is -0.142. The van der Waals surface area contributed by atoms with E-state index in [1.165, 1.54) is 19.3 Å². The molecule has 0 aliphatic carbocycles. The zero-order chi connectivity index (χ0) is 13.7. The Hall–Kier alpha value is -1.32. The molecule has 0 amide bonds. The van der Waals surface area contributed by atoms with Crippen molar-refractivity contribution < 1.29 is 14.3 Å². The fraction of sp³-hybridized carbons (Fsp3) is 0.733.